The molecule has 1 aromatic rings. The van der Waals surface area contributed by atoms with Gasteiger partial charge >= 0.3 is 262 Å². The number of hydrogen-bond acceptors (Lipinski definition) is 1. The van der Waals surface area contributed by atoms with Gasteiger partial charge in [-0.15, -0.1) is 0 Å². The number of rotatable bonds is 7. The molecule has 2 amide bonds. The third-order valence-electron chi connectivity index (χ3n) is 14.0. The first kappa shape index (κ1) is 49.0. The summed E-state index contributed by atoms with van der Waals surface area (Å²) in [5.41, 5.74) is 0.623. The zero-order chi connectivity index (χ0) is 36.5. The maximum Gasteiger partial charge on any atom is 0.321 e. The zero-order valence-electron chi connectivity index (χ0n) is 34.5. The second kappa shape index (κ2) is 27.4. The molecule has 0 unspecified atom stereocenters. The smallest absolute Gasteiger partial charge is 0.321 e. The Morgan fingerprint density at radius 1 is 0.481 bits per heavy atom. The van der Waals surface area contributed by atoms with Crippen molar-refractivity contribution in [3.8, 4) is 0 Å². The third-order valence-corrected chi connectivity index (χ3v) is 40.8. The van der Waals surface area contributed by atoms with Gasteiger partial charge in [-0.25, -0.2) is 4.79 Å². The fraction of sp³-hybridized carbons (Fsp3) is 0.844. The first-order valence-corrected chi connectivity index (χ1v) is 33.2. The molecular weight excluding hydrogens is 925 g/mol. The first-order chi connectivity index (χ1) is 25.4. The Kier molecular flexibility index (Phi) is 24.8. The third kappa shape index (κ3) is 16.0. The van der Waals surface area contributed by atoms with Crippen molar-refractivity contribution in [3.63, 3.8) is 0 Å². The van der Waals surface area contributed by atoms with Gasteiger partial charge in [-0.1, -0.05) is 23.2 Å². The van der Waals surface area contributed by atoms with Crippen LogP contribution in [0.25, 0.3) is 0 Å². The van der Waals surface area contributed by atoms with E-state index in [9.17, 15) is 4.79 Å². The second-order valence-electron chi connectivity index (χ2n) is 18.0. The van der Waals surface area contributed by atoms with Crippen LogP contribution in [0.4, 0.5) is 10.5 Å². The molecule has 0 spiro atoms. The molecule has 0 heterocycles. The van der Waals surface area contributed by atoms with E-state index in [1.165, 1.54) is 28.5 Å². The van der Waals surface area contributed by atoms with E-state index in [4.69, 9.17) is 23.2 Å². The summed E-state index contributed by atoms with van der Waals surface area (Å²) in [5, 5.41) is 3.54. The molecule has 310 valence electrons. The van der Waals surface area contributed by atoms with Gasteiger partial charge < -0.3 is 21.2 Å². The molecule has 5 nitrogen and oxygen atoms in total. The van der Waals surface area contributed by atoms with Crippen molar-refractivity contribution in [2.45, 2.75) is 216 Å². The normalized spacial score (nSPS) is 22.9. The van der Waals surface area contributed by atoms with E-state index in [-0.39, 0.29) is 17.0 Å². The van der Waals surface area contributed by atoms with Crippen molar-refractivity contribution in [2.24, 2.45) is 0 Å². The molecule has 6 aliphatic carbocycles. The summed E-state index contributed by atoms with van der Waals surface area (Å²) >= 11 is 9.20. The van der Waals surface area contributed by atoms with Crippen molar-refractivity contribution < 1.29 is 15.7 Å². The number of hydrogen-bond donors (Lipinski definition) is 1. The number of urea groups is 1. The number of carbonyl (C=O) groups excluding carboxylic acids is 1. The molecule has 9 heteroatoms. The molecule has 0 aromatic heterocycles. The number of nitrogens with one attached hydrogen (secondary N) is 1. The predicted molar refractivity (Wildman–Crippen MR) is 239 cm³/mol. The van der Waals surface area contributed by atoms with Crippen LogP contribution in [0.1, 0.15) is 193 Å². The fourth-order valence-corrected chi connectivity index (χ4v) is 41.5. The molecule has 1 aromatic carbocycles. The molecule has 54 heavy (non-hydrogen) atoms. The molecule has 0 atom stereocenters. The molecular formula is C45H80Cl2N2O3Sn2. The number of halogens is 2. The van der Waals surface area contributed by atoms with Gasteiger partial charge in [0.05, 0.1) is 10.0 Å². The van der Waals surface area contributed by atoms with Gasteiger partial charge in [-0.05, 0) is 18.2 Å². The van der Waals surface area contributed by atoms with Crippen LogP contribution in [0.5, 0.6) is 0 Å². The van der Waals surface area contributed by atoms with Crippen molar-refractivity contribution in [1.29, 1.82) is 0 Å². The predicted octanol–water partition coefficient (Wildman–Crippen LogP) is 14.4. The Balaban J connectivity index is 0.000000217. The standard InChI is InChI=1S/C9H10Cl2N2O.6C6H11.2H2O.2Sn/c1-13(2)9(14)12-6-3-4-7(10)8(11)5-6;6*1-2-4-6-5-3-1;;;;/h3-5H,1-2H3,(H,12,14);6*1H,2-6H2;2*1H2;;. The maximum atomic E-state index is 11.2. The van der Waals surface area contributed by atoms with Crippen LogP contribution in [0.15, 0.2) is 18.2 Å². The SMILES string of the molecule is C1CC[CH]([Sn]([CH]2CCCCC2)[CH]2CCCCC2)CC1.C1CC[CH]([Sn]([CH]2CCCCC2)[CH]2CCCCC2)CC1.CN(C)C(=O)Nc1ccc(Cl)c(Cl)c1.O.O. The van der Waals surface area contributed by atoms with Gasteiger partial charge in [0.2, 0.25) is 0 Å². The van der Waals surface area contributed by atoms with Crippen molar-refractivity contribution in [3.05, 3.63) is 28.2 Å². The first-order valence-electron chi connectivity index (χ1n) is 22.6. The topological polar surface area (TPSA) is 95.3 Å². The van der Waals surface area contributed by atoms with Gasteiger partial charge in [-0.3, -0.25) is 0 Å². The number of carbonyl (C=O) groups is 1. The number of benzene rings is 1. The minimum Gasteiger partial charge on any atom is -0.412 e. The van der Waals surface area contributed by atoms with Crippen LogP contribution in [-0.4, -0.2) is 75.5 Å². The largest absolute Gasteiger partial charge is 0.412 e. The molecule has 6 aliphatic rings. The fourth-order valence-electron chi connectivity index (χ4n) is 11.4. The summed E-state index contributed by atoms with van der Waals surface area (Å²) in [4.78, 5) is 12.7. The summed E-state index contributed by atoms with van der Waals surface area (Å²) in [6.07, 6.45) is 48.5. The number of amides is 2. The van der Waals surface area contributed by atoms with Gasteiger partial charge in [0.15, 0.2) is 0 Å². The van der Waals surface area contributed by atoms with Crippen LogP contribution in [0, 0.1) is 0 Å². The minimum absolute atomic E-state index is 0. The molecule has 6 fully saturated rings. The van der Waals surface area contributed by atoms with Crippen LogP contribution in [-0.2, 0) is 0 Å². The Labute approximate surface area is 356 Å². The van der Waals surface area contributed by atoms with E-state index in [0.29, 0.717) is 15.7 Å². The minimum atomic E-state index is -1.15. The van der Waals surface area contributed by atoms with E-state index < -0.39 is 39.5 Å². The van der Waals surface area contributed by atoms with Crippen molar-refractivity contribution in [2.75, 3.05) is 19.4 Å². The zero-order valence-corrected chi connectivity index (χ0v) is 41.7. The van der Waals surface area contributed by atoms with Crippen LogP contribution < -0.4 is 5.32 Å². The van der Waals surface area contributed by atoms with Gasteiger partial charge in [0.25, 0.3) is 0 Å². The Bertz CT molecular complexity index is 1000. The molecule has 5 N–H and O–H groups in total. The average molecular weight is 1010 g/mol. The van der Waals surface area contributed by atoms with Crippen LogP contribution >= 0.6 is 23.2 Å². The monoisotopic (exact) mass is 1010 g/mol. The quantitative estimate of drug-likeness (QED) is 0.271. The van der Waals surface area contributed by atoms with E-state index in [2.05, 4.69) is 5.32 Å². The maximum absolute atomic E-state index is 11.2. The molecule has 6 saturated carbocycles. The Hall–Kier alpha value is 0.587. The summed E-state index contributed by atoms with van der Waals surface area (Å²) in [7, 11) is 3.32. The van der Waals surface area contributed by atoms with E-state index in [1.54, 1.807) is 225 Å². The molecule has 0 bridgehead atoms. The Morgan fingerprint density at radius 2 is 0.741 bits per heavy atom. The number of nitrogens with zero attached hydrogens (tertiary/aromatic N) is 1. The molecule has 0 saturated heterocycles. The molecule has 2 radical (unpaired) electrons. The summed E-state index contributed by atoms with van der Waals surface area (Å²) < 4.78 is 7.93. The second-order valence-corrected chi connectivity index (χ2v) is 38.5. The average Bonchev–Trinajstić information content (AvgIpc) is 3.20. The van der Waals surface area contributed by atoms with Gasteiger partial charge in [-0.2, -0.15) is 0 Å². The van der Waals surface area contributed by atoms with E-state index in [1.807, 2.05) is 0 Å². The summed E-state index contributed by atoms with van der Waals surface area (Å²) in [6, 6.07) is 4.72. The van der Waals surface area contributed by atoms with Crippen molar-refractivity contribution >= 4 is 74.4 Å². The van der Waals surface area contributed by atoms with E-state index >= 15 is 0 Å². The van der Waals surface area contributed by atoms with Gasteiger partial charge in [0.1, 0.15) is 0 Å². The van der Waals surface area contributed by atoms with Gasteiger partial charge in [0, 0.05) is 19.8 Å². The van der Waals surface area contributed by atoms with Crippen molar-refractivity contribution in [1.82, 2.24) is 4.90 Å². The van der Waals surface area contributed by atoms with Crippen LogP contribution in [0.2, 0.25) is 33.6 Å². The number of anilines is 1. The summed E-state index contributed by atoms with van der Waals surface area (Å²) in [5.74, 6) is 0. The molecule has 0 aliphatic heterocycles. The molecule has 7 rings (SSSR count). The summed E-state index contributed by atoms with van der Waals surface area (Å²) in [6.45, 7) is 0. The van der Waals surface area contributed by atoms with E-state index in [0.717, 1.165) is 0 Å². The Morgan fingerprint density at radius 3 is 0.963 bits per heavy atom. The van der Waals surface area contributed by atoms with Crippen LogP contribution in [0.3, 0.4) is 0 Å².